The summed E-state index contributed by atoms with van der Waals surface area (Å²) in [4.78, 5) is 14.1. The highest BCUT2D eigenvalue weighted by Gasteiger charge is 2.30. The van der Waals surface area contributed by atoms with Gasteiger partial charge in [-0.1, -0.05) is 23.4 Å². The van der Waals surface area contributed by atoms with Crippen LogP contribution in [0.25, 0.3) is 0 Å². The van der Waals surface area contributed by atoms with Crippen molar-refractivity contribution in [2.45, 2.75) is 25.2 Å². The van der Waals surface area contributed by atoms with Gasteiger partial charge < -0.3 is 14.2 Å². The maximum Gasteiger partial charge on any atom is 0.242 e. The van der Waals surface area contributed by atoms with Crippen molar-refractivity contribution in [2.24, 2.45) is 0 Å². The molecule has 1 aromatic carbocycles. The van der Waals surface area contributed by atoms with E-state index >= 15 is 0 Å². The van der Waals surface area contributed by atoms with Gasteiger partial charge >= 0.3 is 0 Å². The fourth-order valence-corrected chi connectivity index (χ4v) is 4.59. The predicted molar refractivity (Wildman–Crippen MR) is 89.9 cm³/mol. The van der Waals surface area contributed by atoms with E-state index in [2.05, 4.69) is 5.16 Å². The summed E-state index contributed by atoms with van der Waals surface area (Å²) in [5.41, 5.74) is 2.92. The minimum absolute atomic E-state index is 0.303. The molecule has 2 aliphatic rings. The molecular formula is C17H18N2O5S. The van der Waals surface area contributed by atoms with Gasteiger partial charge in [-0.3, -0.25) is 4.79 Å². The number of carbonyl (C=O) groups is 1. The molecule has 0 spiro atoms. The molecular weight excluding hydrogens is 344 g/mol. The standard InChI is InChI=1S/C17H18N2O5S/c20-17(19-7-5-12-3-1-2-4-15(12)19)11-25(21,22)10-14-13-9-23-8-6-16(13)24-18-14/h1-4H,5-11H2. The summed E-state index contributed by atoms with van der Waals surface area (Å²) in [7, 11) is -3.65. The number of anilines is 1. The second-order valence-electron chi connectivity index (χ2n) is 6.29. The molecule has 0 radical (unpaired) electrons. The van der Waals surface area contributed by atoms with E-state index in [1.165, 1.54) is 0 Å². The average Bonchev–Trinajstić information content (AvgIpc) is 3.19. The molecule has 2 aliphatic heterocycles. The van der Waals surface area contributed by atoms with Gasteiger partial charge in [0.05, 0.1) is 19.0 Å². The molecule has 1 aromatic heterocycles. The van der Waals surface area contributed by atoms with Gasteiger partial charge in [-0.25, -0.2) is 8.42 Å². The third kappa shape index (κ3) is 3.19. The van der Waals surface area contributed by atoms with Crippen LogP contribution in [-0.2, 0) is 44.6 Å². The van der Waals surface area contributed by atoms with E-state index in [4.69, 9.17) is 9.26 Å². The molecule has 1 amide bonds. The monoisotopic (exact) mass is 362 g/mol. The van der Waals surface area contributed by atoms with Crippen LogP contribution in [0.3, 0.4) is 0 Å². The number of carbonyl (C=O) groups excluding carboxylic acids is 1. The number of fused-ring (bicyclic) bond motifs is 2. The van der Waals surface area contributed by atoms with E-state index < -0.39 is 21.5 Å². The number of amides is 1. The molecule has 0 saturated heterocycles. The molecule has 8 heteroatoms. The summed E-state index contributed by atoms with van der Waals surface area (Å²) < 4.78 is 35.5. The molecule has 0 unspecified atom stereocenters. The van der Waals surface area contributed by atoms with Gasteiger partial charge in [0, 0.05) is 24.2 Å². The zero-order valence-electron chi connectivity index (χ0n) is 13.6. The minimum Gasteiger partial charge on any atom is -0.376 e. The number of benzene rings is 1. The number of hydrogen-bond donors (Lipinski definition) is 0. The maximum atomic E-state index is 12.5. The van der Waals surface area contributed by atoms with Crippen molar-refractivity contribution < 1.29 is 22.5 Å². The maximum absolute atomic E-state index is 12.5. The van der Waals surface area contributed by atoms with Crippen LogP contribution >= 0.6 is 0 Å². The van der Waals surface area contributed by atoms with Crippen LogP contribution in [0, 0.1) is 0 Å². The molecule has 0 bridgehead atoms. The Labute approximate surface area is 145 Å². The summed E-state index contributed by atoms with van der Waals surface area (Å²) in [6.07, 6.45) is 1.34. The third-order valence-corrected chi connectivity index (χ3v) is 5.96. The molecule has 132 valence electrons. The highest BCUT2D eigenvalue weighted by atomic mass is 32.2. The lowest BCUT2D eigenvalue weighted by molar-refractivity contribution is -0.116. The summed E-state index contributed by atoms with van der Waals surface area (Å²) in [6.45, 7) is 1.36. The zero-order chi connectivity index (χ0) is 17.4. The van der Waals surface area contributed by atoms with Gasteiger partial charge in [-0.2, -0.15) is 0 Å². The molecule has 7 nitrogen and oxygen atoms in total. The first-order valence-electron chi connectivity index (χ1n) is 8.16. The van der Waals surface area contributed by atoms with Crippen molar-refractivity contribution in [3.8, 4) is 0 Å². The Kier molecular flexibility index (Phi) is 4.09. The largest absolute Gasteiger partial charge is 0.376 e. The number of para-hydroxylation sites is 1. The molecule has 25 heavy (non-hydrogen) atoms. The first kappa shape index (κ1) is 16.3. The van der Waals surface area contributed by atoms with Gasteiger partial charge in [0.15, 0.2) is 9.84 Å². The highest BCUT2D eigenvalue weighted by molar-refractivity contribution is 7.91. The Hall–Kier alpha value is -2.19. The Morgan fingerprint density at radius 1 is 1.24 bits per heavy atom. The Balaban J connectivity index is 1.49. The summed E-state index contributed by atoms with van der Waals surface area (Å²) in [5.74, 6) is -0.574. The van der Waals surface area contributed by atoms with Gasteiger partial charge in [-0.15, -0.1) is 0 Å². The number of rotatable bonds is 4. The molecule has 2 aromatic rings. The van der Waals surface area contributed by atoms with Crippen molar-refractivity contribution in [2.75, 3.05) is 23.8 Å². The quantitative estimate of drug-likeness (QED) is 0.813. The van der Waals surface area contributed by atoms with E-state index in [0.29, 0.717) is 43.2 Å². The summed E-state index contributed by atoms with van der Waals surface area (Å²) >= 11 is 0. The summed E-state index contributed by atoms with van der Waals surface area (Å²) in [5, 5.41) is 3.86. The van der Waals surface area contributed by atoms with E-state index in [0.717, 1.165) is 17.7 Å². The van der Waals surface area contributed by atoms with E-state index in [1.54, 1.807) is 4.90 Å². The fraction of sp³-hybridized carbons (Fsp3) is 0.412. The van der Waals surface area contributed by atoms with Crippen LogP contribution in [0.1, 0.15) is 22.6 Å². The van der Waals surface area contributed by atoms with Crippen LogP contribution in [0.4, 0.5) is 5.69 Å². The van der Waals surface area contributed by atoms with Crippen LogP contribution < -0.4 is 4.90 Å². The third-order valence-electron chi connectivity index (χ3n) is 4.56. The van der Waals surface area contributed by atoms with Crippen molar-refractivity contribution in [3.63, 3.8) is 0 Å². The van der Waals surface area contributed by atoms with E-state index in [9.17, 15) is 13.2 Å². The lowest BCUT2D eigenvalue weighted by Crippen LogP contribution is -2.34. The minimum atomic E-state index is -3.65. The molecule has 3 heterocycles. The fourth-order valence-electron chi connectivity index (χ4n) is 3.32. The number of hydrogen-bond acceptors (Lipinski definition) is 6. The van der Waals surface area contributed by atoms with Crippen molar-refractivity contribution in [1.82, 2.24) is 5.16 Å². The SMILES string of the molecule is O=C(CS(=O)(=O)Cc1noc2c1COCC2)N1CCc2ccccc21. The van der Waals surface area contributed by atoms with Crippen molar-refractivity contribution in [1.29, 1.82) is 0 Å². The second-order valence-corrected chi connectivity index (χ2v) is 8.35. The van der Waals surface area contributed by atoms with Crippen molar-refractivity contribution in [3.05, 3.63) is 46.8 Å². The predicted octanol–water partition coefficient (Wildman–Crippen LogP) is 1.25. The first-order valence-corrected chi connectivity index (χ1v) is 9.98. The van der Waals surface area contributed by atoms with Crippen molar-refractivity contribution >= 4 is 21.4 Å². The van der Waals surface area contributed by atoms with Gasteiger partial charge in [0.25, 0.3) is 0 Å². The van der Waals surface area contributed by atoms with E-state index in [-0.39, 0.29) is 5.75 Å². The van der Waals surface area contributed by atoms with Gasteiger partial charge in [0.2, 0.25) is 5.91 Å². The topological polar surface area (TPSA) is 89.7 Å². The lowest BCUT2D eigenvalue weighted by atomic mass is 10.1. The van der Waals surface area contributed by atoms with Crippen LogP contribution in [0.5, 0.6) is 0 Å². The Morgan fingerprint density at radius 3 is 2.96 bits per heavy atom. The van der Waals surface area contributed by atoms with Gasteiger partial charge in [0.1, 0.15) is 17.2 Å². The first-order chi connectivity index (χ1) is 12.0. The summed E-state index contributed by atoms with van der Waals surface area (Å²) in [6, 6.07) is 7.57. The number of ether oxygens (including phenoxy) is 1. The molecule has 0 N–H and O–H groups in total. The molecule has 0 atom stereocenters. The van der Waals surface area contributed by atoms with Crippen LogP contribution in [0.2, 0.25) is 0 Å². The van der Waals surface area contributed by atoms with Crippen LogP contribution in [-0.4, -0.2) is 38.4 Å². The molecule has 0 fully saturated rings. The molecule has 0 aliphatic carbocycles. The number of nitrogens with zero attached hydrogens (tertiary/aromatic N) is 2. The number of aromatic nitrogens is 1. The highest BCUT2D eigenvalue weighted by Crippen LogP contribution is 2.28. The Morgan fingerprint density at radius 2 is 2.08 bits per heavy atom. The number of sulfone groups is 1. The average molecular weight is 362 g/mol. The van der Waals surface area contributed by atoms with E-state index in [1.807, 2.05) is 24.3 Å². The smallest absolute Gasteiger partial charge is 0.242 e. The molecule has 0 saturated carbocycles. The second kappa shape index (κ2) is 6.27. The molecule has 4 rings (SSSR count). The lowest BCUT2D eigenvalue weighted by Gasteiger charge is -2.17. The normalized spacial score (nSPS) is 16.6. The zero-order valence-corrected chi connectivity index (χ0v) is 14.4. The Bertz CT molecular complexity index is 919. The van der Waals surface area contributed by atoms with Crippen LogP contribution in [0.15, 0.2) is 28.8 Å². The van der Waals surface area contributed by atoms with Gasteiger partial charge in [-0.05, 0) is 18.1 Å².